The number of methoxy groups -OCH3 is 1. The second kappa shape index (κ2) is 5.19. The zero-order chi connectivity index (χ0) is 14.2. The summed E-state index contributed by atoms with van der Waals surface area (Å²) in [5, 5.41) is 6.06. The number of ether oxygens (including phenoxy) is 1. The number of rotatable bonds is 2. The maximum atomic E-state index is 5.49. The lowest BCUT2D eigenvalue weighted by Crippen LogP contribution is -2.35. The first-order chi connectivity index (χ1) is 10.3. The molecule has 0 amide bonds. The summed E-state index contributed by atoms with van der Waals surface area (Å²) in [7, 11) is 1.73. The lowest BCUT2D eigenvalue weighted by Gasteiger charge is -2.26. The van der Waals surface area contributed by atoms with Crippen molar-refractivity contribution < 1.29 is 4.74 Å². The highest BCUT2D eigenvalue weighted by Gasteiger charge is 2.30. The van der Waals surface area contributed by atoms with Gasteiger partial charge < -0.3 is 15.0 Å². The summed E-state index contributed by atoms with van der Waals surface area (Å²) in [4.78, 5) is 7.12. The summed E-state index contributed by atoms with van der Waals surface area (Å²) in [5.74, 6) is 2.02. The highest BCUT2D eigenvalue weighted by molar-refractivity contribution is 5.96. The standard InChI is InChI=1S/C17H21N3O/c1-21-16-4-2-3-15-14(16)7-9-18-17(15)20-10-8-12-5-6-13(11-20)19-12/h2-4,7,9,12-13,19H,5-6,8,10-11H2,1H3. The number of benzene rings is 1. The van der Waals surface area contributed by atoms with Gasteiger partial charge in [0, 0.05) is 42.1 Å². The van der Waals surface area contributed by atoms with E-state index in [1.165, 1.54) is 24.6 Å². The van der Waals surface area contributed by atoms with Crippen LogP contribution in [0.1, 0.15) is 19.3 Å². The predicted octanol–water partition coefficient (Wildman–Crippen LogP) is 2.57. The van der Waals surface area contributed by atoms with Gasteiger partial charge in [0.15, 0.2) is 0 Å². The molecule has 3 heterocycles. The van der Waals surface area contributed by atoms with Gasteiger partial charge in [-0.15, -0.1) is 0 Å². The Morgan fingerprint density at radius 1 is 1.14 bits per heavy atom. The Balaban J connectivity index is 1.76. The van der Waals surface area contributed by atoms with Gasteiger partial charge in [0.25, 0.3) is 0 Å². The Morgan fingerprint density at radius 3 is 2.95 bits per heavy atom. The molecule has 21 heavy (non-hydrogen) atoms. The molecule has 0 aliphatic carbocycles. The SMILES string of the molecule is COc1cccc2c(N3CCC4CCC(C3)N4)nccc12. The average Bonchev–Trinajstić information content (AvgIpc) is 2.85. The molecule has 4 rings (SSSR count). The molecule has 110 valence electrons. The number of anilines is 1. The second-order valence-electron chi connectivity index (χ2n) is 6.06. The molecule has 1 N–H and O–H groups in total. The molecule has 2 saturated heterocycles. The van der Waals surface area contributed by atoms with Gasteiger partial charge in [0.2, 0.25) is 0 Å². The molecule has 1 aromatic heterocycles. The van der Waals surface area contributed by atoms with Gasteiger partial charge >= 0.3 is 0 Å². The average molecular weight is 283 g/mol. The molecule has 0 spiro atoms. The Morgan fingerprint density at radius 2 is 2.05 bits per heavy atom. The highest BCUT2D eigenvalue weighted by atomic mass is 16.5. The molecule has 4 nitrogen and oxygen atoms in total. The molecule has 0 radical (unpaired) electrons. The molecule has 0 saturated carbocycles. The van der Waals surface area contributed by atoms with Crippen molar-refractivity contribution in [3.63, 3.8) is 0 Å². The van der Waals surface area contributed by atoms with Crippen LogP contribution in [0.25, 0.3) is 10.8 Å². The Hall–Kier alpha value is -1.81. The van der Waals surface area contributed by atoms with Crippen LogP contribution in [0.5, 0.6) is 5.75 Å². The van der Waals surface area contributed by atoms with E-state index in [4.69, 9.17) is 4.74 Å². The summed E-state index contributed by atoms with van der Waals surface area (Å²) in [6, 6.07) is 9.56. The predicted molar refractivity (Wildman–Crippen MR) is 85.1 cm³/mol. The van der Waals surface area contributed by atoms with Crippen LogP contribution in [-0.4, -0.2) is 37.3 Å². The third kappa shape index (κ3) is 2.23. The monoisotopic (exact) mass is 283 g/mol. The summed E-state index contributed by atoms with van der Waals surface area (Å²) >= 11 is 0. The first-order valence-corrected chi connectivity index (χ1v) is 7.78. The van der Waals surface area contributed by atoms with Crippen LogP contribution in [0.3, 0.4) is 0 Å². The summed E-state index contributed by atoms with van der Waals surface area (Å²) in [6.45, 7) is 2.14. The van der Waals surface area contributed by atoms with Crippen molar-refractivity contribution in [2.75, 3.05) is 25.1 Å². The molecule has 2 aliphatic rings. The molecule has 1 aromatic carbocycles. The van der Waals surface area contributed by atoms with Crippen molar-refractivity contribution in [1.82, 2.24) is 10.3 Å². The largest absolute Gasteiger partial charge is 0.496 e. The zero-order valence-electron chi connectivity index (χ0n) is 12.4. The molecule has 2 unspecified atom stereocenters. The summed E-state index contributed by atoms with van der Waals surface area (Å²) < 4.78 is 5.49. The van der Waals surface area contributed by atoms with Crippen molar-refractivity contribution in [3.05, 3.63) is 30.5 Å². The minimum absolute atomic E-state index is 0.611. The van der Waals surface area contributed by atoms with Gasteiger partial charge in [-0.25, -0.2) is 4.98 Å². The second-order valence-corrected chi connectivity index (χ2v) is 6.06. The van der Waals surface area contributed by atoms with Crippen LogP contribution in [-0.2, 0) is 0 Å². The van der Waals surface area contributed by atoms with Crippen LogP contribution < -0.4 is 15.0 Å². The molecule has 2 atom stereocenters. The van der Waals surface area contributed by atoms with Crippen molar-refractivity contribution in [3.8, 4) is 5.75 Å². The third-order valence-corrected chi connectivity index (χ3v) is 4.79. The molecule has 2 aliphatic heterocycles. The quantitative estimate of drug-likeness (QED) is 0.919. The molecular formula is C17H21N3O. The molecule has 2 bridgehead atoms. The van der Waals surface area contributed by atoms with E-state index < -0.39 is 0 Å². The van der Waals surface area contributed by atoms with Crippen LogP contribution in [0.2, 0.25) is 0 Å². The van der Waals surface area contributed by atoms with Gasteiger partial charge in [-0.05, 0) is 31.4 Å². The van der Waals surface area contributed by atoms with Gasteiger partial charge in [0.1, 0.15) is 11.6 Å². The number of nitrogens with zero attached hydrogens (tertiary/aromatic N) is 2. The zero-order valence-corrected chi connectivity index (χ0v) is 12.4. The summed E-state index contributed by atoms with van der Waals surface area (Å²) in [5.41, 5.74) is 0. The van der Waals surface area contributed by atoms with Crippen LogP contribution >= 0.6 is 0 Å². The molecular weight excluding hydrogens is 262 g/mol. The number of pyridine rings is 1. The minimum Gasteiger partial charge on any atom is -0.496 e. The van der Waals surface area contributed by atoms with E-state index in [0.717, 1.165) is 30.0 Å². The summed E-state index contributed by atoms with van der Waals surface area (Å²) in [6.07, 6.45) is 5.72. The number of hydrogen-bond acceptors (Lipinski definition) is 4. The molecule has 4 heteroatoms. The van der Waals surface area contributed by atoms with Gasteiger partial charge in [-0.3, -0.25) is 0 Å². The van der Waals surface area contributed by atoms with Crippen molar-refractivity contribution in [2.24, 2.45) is 0 Å². The lowest BCUT2D eigenvalue weighted by atomic mass is 10.1. The first kappa shape index (κ1) is 12.9. The fraction of sp³-hybridized carbons (Fsp3) is 0.471. The van der Waals surface area contributed by atoms with Crippen LogP contribution in [0.4, 0.5) is 5.82 Å². The number of fused-ring (bicyclic) bond motifs is 3. The highest BCUT2D eigenvalue weighted by Crippen LogP contribution is 2.32. The maximum Gasteiger partial charge on any atom is 0.136 e. The normalized spacial score (nSPS) is 25.1. The lowest BCUT2D eigenvalue weighted by molar-refractivity contribution is 0.420. The van der Waals surface area contributed by atoms with E-state index in [1.807, 2.05) is 18.3 Å². The number of hydrogen-bond donors (Lipinski definition) is 1. The van der Waals surface area contributed by atoms with E-state index in [9.17, 15) is 0 Å². The molecule has 2 aromatic rings. The Bertz CT molecular complexity index is 658. The number of aromatic nitrogens is 1. The first-order valence-electron chi connectivity index (χ1n) is 7.78. The van der Waals surface area contributed by atoms with E-state index in [2.05, 4.69) is 27.3 Å². The van der Waals surface area contributed by atoms with E-state index >= 15 is 0 Å². The van der Waals surface area contributed by atoms with E-state index in [-0.39, 0.29) is 0 Å². The van der Waals surface area contributed by atoms with Crippen molar-refractivity contribution in [2.45, 2.75) is 31.3 Å². The van der Waals surface area contributed by atoms with Crippen molar-refractivity contribution in [1.29, 1.82) is 0 Å². The fourth-order valence-corrected chi connectivity index (χ4v) is 3.73. The smallest absolute Gasteiger partial charge is 0.136 e. The van der Waals surface area contributed by atoms with Gasteiger partial charge in [-0.2, -0.15) is 0 Å². The Kier molecular flexibility index (Phi) is 3.19. The maximum absolute atomic E-state index is 5.49. The van der Waals surface area contributed by atoms with E-state index in [1.54, 1.807) is 7.11 Å². The van der Waals surface area contributed by atoms with Gasteiger partial charge in [0.05, 0.1) is 7.11 Å². The molecule has 2 fully saturated rings. The minimum atomic E-state index is 0.611. The van der Waals surface area contributed by atoms with E-state index in [0.29, 0.717) is 12.1 Å². The van der Waals surface area contributed by atoms with Crippen molar-refractivity contribution >= 4 is 16.6 Å². The van der Waals surface area contributed by atoms with Gasteiger partial charge in [-0.1, -0.05) is 12.1 Å². The topological polar surface area (TPSA) is 37.4 Å². The Labute approximate surface area is 125 Å². The third-order valence-electron chi connectivity index (χ3n) is 4.79. The van der Waals surface area contributed by atoms with Crippen LogP contribution in [0.15, 0.2) is 30.5 Å². The fourth-order valence-electron chi connectivity index (χ4n) is 3.73. The number of nitrogens with one attached hydrogen (secondary N) is 1. The van der Waals surface area contributed by atoms with Crippen LogP contribution in [0, 0.1) is 0 Å².